The number of aromatic nitrogens is 2. The van der Waals surface area contributed by atoms with Gasteiger partial charge in [0.25, 0.3) is 11.7 Å². The lowest BCUT2D eigenvalue weighted by Gasteiger charge is -2.26. The van der Waals surface area contributed by atoms with Crippen LogP contribution in [0.4, 0.5) is 0 Å². The summed E-state index contributed by atoms with van der Waals surface area (Å²) in [7, 11) is 0. The first kappa shape index (κ1) is 24.1. The number of hydrogen-bond acceptors (Lipinski definition) is 6. The normalized spacial score (nSPS) is 17.1. The van der Waals surface area contributed by atoms with E-state index in [1.54, 1.807) is 48.9 Å². The lowest BCUT2D eigenvalue weighted by Crippen LogP contribution is -2.31. The van der Waals surface area contributed by atoms with E-state index in [0.29, 0.717) is 55.4 Å². The molecule has 0 radical (unpaired) electrons. The van der Waals surface area contributed by atoms with Gasteiger partial charge in [0.05, 0.1) is 31.2 Å². The Morgan fingerprint density at radius 3 is 2.43 bits per heavy atom. The number of rotatable bonds is 10. The molecular weight excluding hydrogens is 446 g/mol. The summed E-state index contributed by atoms with van der Waals surface area (Å²) in [6.07, 6.45) is 5.87. The van der Waals surface area contributed by atoms with Crippen molar-refractivity contribution in [3.63, 3.8) is 0 Å². The molecule has 2 heterocycles. The van der Waals surface area contributed by atoms with Crippen LogP contribution < -0.4 is 9.47 Å². The first-order valence-electron chi connectivity index (χ1n) is 11.7. The van der Waals surface area contributed by atoms with Crippen LogP contribution >= 0.6 is 0 Å². The minimum Gasteiger partial charge on any atom is -0.507 e. The van der Waals surface area contributed by atoms with Crippen LogP contribution in [0, 0.1) is 0 Å². The Morgan fingerprint density at radius 2 is 1.74 bits per heavy atom. The summed E-state index contributed by atoms with van der Waals surface area (Å²) in [5, 5.41) is 11.2. The maximum atomic E-state index is 13.2. The number of aryl methyl sites for hydroxylation is 1. The Labute approximate surface area is 204 Å². The molecule has 0 saturated carbocycles. The van der Waals surface area contributed by atoms with Crippen molar-refractivity contribution in [2.24, 2.45) is 0 Å². The number of ether oxygens (including phenoxy) is 2. The Balaban J connectivity index is 1.77. The third-order valence-corrected chi connectivity index (χ3v) is 5.84. The summed E-state index contributed by atoms with van der Waals surface area (Å²) in [4.78, 5) is 31.9. The van der Waals surface area contributed by atoms with Crippen molar-refractivity contribution in [3.05, 3.63) is 84.0 Å². The molecule has 0 aliphatic carbocycles. The van der Waals surface area contributed by atoms with Gasteiger partial charge in [0, 0.05) is 31.0 Å². The van der Waals surface area contributed by atoms with Crippen LogP contribution in [0.2, 0.25) is 0 Å². The van der Waals surface area contributed by atoms with Crippen LogP contribution in [0.3, 0.4) is 0 Å². The number of aliphatic hydroxyl groups is 1. The average molecular weight is 476 g/mol. The monoisotopic (exact) mass is 475 g/mol. The van der Waals surface area contributed by atoms with E-state index in [2.05, 4.69) is 4.98 Å². The van der Waals surface area contributed by atoms with E-state index >= 15 is 0 Å². The standard InChI is InChI=1S/C27H29N3O5/c1-3-34-21-12-11-20(17-22(21)35-4-2)24-23(25(31)19-9-6-5-7-10-19)26(32)27(33)30(24)15-8-14-29-16-13-28-18-29/h5-7,9-13,16-18,24,31H,3-4,8,14-15H2,1-2H3/b25-23+. The molecule has 0 spiro atoms. The van der Waals surface area contributed by atoms with Gasteiger partial charge in [0.2, 0.25) is 0 Å². The van der Waals surface area contributed by atoms with Gasteiger partial charge in [0.1, 0.15) is 5.76 Å². The van der Waals surface area contributed by atoms with Crippen molar-refractivity contribution in [1.29, 1.82) is 0 Å². The van der Waals surface area contributed by atoms with E-state index in [4.69, 9.17) is 9.47 Å². The number of benzene rings is 2. The number of imidazole rings is 1. The minimum absolute atomic E-state index is 0.0652. The Hall–Kier alpha value is -4.07. The number of Topliss-reactive ketones (excluding diaryl/α,β-unsaturated/α-hetero) is 1. The number of aliphatic hydroxyl groups excluding tert-OH is 1. The van der Waals surface area contributed by atoms with Gasteiger partial charge < -0.3 is 24.0 Å². The summed E-state index contributed by atoms with van der Waals surface area (Å²) in [5.41, 5.74) is 1.21. The lowest BCUT2D eigenvalue weighted by atomic mass is 9.95. The zero-order valence-corrected chi connectivity index (χ0v) is 19.9. The van der Waals surface area contributed by atoms with Crippen molar-refractivity contribution in [3.8, 4) is 11.5 Å². The van der Waals surface area contributed by atoms with Crippen LogP contribution in [0.15, 0.2) is 72.8 Å². The van der Waals surface area contributed by atoms with Gasteiger partial charge in [-0.25, -0.2) is 4.98 Å². The number of nitrogens with zero attached hydrogens (tertiary/aromatic N) is 3. The molecule has 2 aromatic carbocycles. The molecule has 1 amide bonds. The highest BCUT2D eigenvalue weighted by Gasteiger charge is 2.46. The van der Waals surface area contributed by atoms with Gasteiger partial charge in [-0.3, -0.25) is 9.59 Å². The molecule has 1 aromatic heterocycles. The summed E-state index contributed by atoms with van der Waals surface area (Å²) >= 11 is 0. The third kappa shape index (κ3) is 5.06. The maximum Gasteiger partial charge on any atom is 0.295 e. The average Bonchev–Trinajstić information content (AvgIpc) is 3.48. The molecule has 8 heteroatoms. The Kier molecular flexibility index (Phi) is 7.50. The van der Waals surface area contributed by atoms with Crippen LogP contribution in [0.5, 0.6) is 11.5 Å². The van der Waals surface area contributed by atoms with Gasteiger partial charge in [-0.15, -0.1) is 0 Å². The van der Waals surface area contributed by atoms with E-state index in [9.17, 15) is 14.7 Å². The van der Waals surface area contributed by atoms with Crippen LogP contribution in [0.25, 0.3) is 5.76 Å². The molecular formula is C27H29N3O5. The van der Waals surface area contributed by atoms with E-state index in [-0.39, 0.29) is 11.3 Å². The van der Waals surface area contributed by atoms with Gasteiger partial charge >= 0.3 is 0 Å². The second-order valence-electron chi connectivity index (χ2n) is 8.08. The highest BCUT2D eigenvalue weighted by Crippen LogP contribution is 2.42. The smallest absolute Gasteiger partial charge is 0.295 e. The number of likely N-dealkylation sites (tertiary alicyclic amines) is 1. The number of carbonyl (C=O) groups is 2. The van der Waals surface area contributed by atoms with Gasteiger partial charge in [-0.05, 0) is 38.0 Å². The largest absolute Gasteiger partial charge is 0.507 e. The molecule has 1 unspecified atom stereocenters. The molecule has 182 valence electrons. The van der Waals surface area contributed by atoms with Crippen LogP contribution in [0.1, 0.15) is 37.4 Å². The van der Waals surface area contributed by atoms with E-state index in [1.807, 2.05) is 36.7 Å². The van der Waals surface area contributed by atoms with Crippen molar-refractivity contribution < 1.29 is 24.2 Å². The summed E-state index contributed by atoms with van der Waals surface area (Å²) < 4.78 is 13.4. The van der Waals surface area contributed by atoms with Crippen molar-refractivity contribution in [2.45, 2.75) is 32.9 Å². The first-order valence-corrected chi connectivity index (χ1v) is 11.7. The predicted octanol–water partition coefficient (Wildman–Crippen LogP) is 4.19. The SMILES string of the molecule is CCOc1ccc(C2/C(=C(\O)c3ccccc3)C(=O)C(=O)N2CCCn2ccnc2)cc1OCC. The van der Waals surface area contributed by atoms with Crippen molar-refractivity contribution >= 4 is 17.4 Å². The summed E-state index contributed by atoms with van der Waals surface area (Å²) in [5.74, 6) is -0.428. The predicted molar refractivity (Wildman–Crippen MR) is 131 cm³/mol. The summed E-state index contributed by atoms with van der Waals surface area (Å²) in [6.45, 7) is 5.63. The third-order valence-electron chi connectivity index (χ3n) is 5.84. The number of amides is 1. The fraction of sp³-hybridized carbons (Fsp3) is 0.296. The maximum absolute atomic E-state index is 13.2. The van der Waals surface area contributed by atoms with Crippen LogP contribution in [-0.4, -0.2) is 51.0 Å². The second kappa shape index (κ2) is 10.9. The number of hydrogen-bond donors (Lipinski definition) is 1. The zero-order valence-electron chi connectivity index (χ0n) is 19.9. The van der Waals surface area contributed by atoms with E-state index in [0.717, 1.165) is 0 Å². The highest BCUT2D eigenvalue weighted by atomic mass is 16.5. The molecule has 35 heavy (non-hydrogen) atoms. The number of carbonyl (C=O) groups excluding carboxylic acids is 2. The van der Waals surface area contributed by atoms with Gasteiger partial charge in [0.15, 0.2) is 11.5 Å². The first-order chi connectivity index (χ1) is 17.0. The number of ketones is 1. The molecule has 1 saturated heterocycles. The lowest BCUT2D eigenvalue weighted by molar-refractivity contribution is -0.139. The second-order valence-corrected chi connectivity index (χ2v) is 8.08. The Morgan fingerprint density at radius 1 is 1.00 bits per heavy atom. The molecule has 8 nitrogen and oxygen atoms in total. The molecule has 0 bridgehead atoms. The Bertz CT molecular complexity index is 1200. The highest BCUT2D eigenvalue weighted by molar-refractivity contribution is 6.46. The summed E-state index contributed by atoms with van der Waals surface area (Å²) in [6, 6.07) is 13.4. The zero-order chi connectivity index (χ0) is 24.8. The van der Waals surface area contributed by atoms with Gasteiger partial charge in [-0.2, -0.15) is 0 Å². The molecule has 1 N–H and O–H groups in total. The molecule has 1 atom stereocenters. The molecule has 1 fully saturated rings. The topological polar surface area (TPSA) is 93.9 Å². The fourth-order valence-corrected chi connectivity index (χ4v) is 4.29. The minimum atomic E-state index is -0.757. The fourth-order valence-electron chi connectivity index (χ4n) is 4.29. The molecule has 1 aliphatic heterocycles. The van der Waals surface area contributed by atoms with E-state index in [1.165, 1.54) is 4.90 Å². The van der Waals surface area contributed by atoms with Crippen molar-refractivity contribution in [2.75, 3.05) is 19.8 Å². The van der Waals surface area contributed by atoms with Gasteiger partial charge in [-0.1, -0.05) is 36.4 Å². The quantitative estimate of drug-likeness (QED) is 0.268. The van der Waals surface area contributed by atoms with Crippen molar-refractivity contribution in [1.82, 2.24) is 14.5 Å². The van der Waals surface area contributed by atoms with Crippen LogP contribution in [-0.2, 0) is 16.1 Å². The molecule has 4 rings (SSSR count). The van der Waals surface area contributed by atoms with E-state index < -0.39 is 17.7 Å². The molecule has 1 aliphatic rings. The molecule has 3 aromatic rings.